The van der Waals surface area contributed by atoms with Gasteiger partial charge in [-0.2, -0.15) is 0 Å². The Morgan fingerprint density at radius 3 is 1.23 bits per heavy atom. The van der Waals surface area contributed by atoms with E-state index in [0.717, 1.165) is 13.2 Å². The summed E-state index contributed by atoms with van der Waals surface area (Å²) in [6, 6.07) is 8.22. The van der Waals surface area contributed by atoms with Crippen LogP contribution in [-0.2, 0) is 8.85 Å². The third-order valence-electron chi connectivity index (χ3n) is 6.86. The highest BCUT2D eigenvalue weighted by Crippen LogP contribution is 2.39. The summed E-state index contributed by atoms with van der Waals surface area (Å²) >= 11 is 0. The first kappa shape index (κ1) is 26.5. The van der Waals surface area contributed by atoms with Gasteiger partial charge in [-0.15, -0.1) is 0 Å². The predicted octanol–water partition coefficient (Wildman–Crippen LogP) is 6.30. The molecule has 0 radical (unpaired) electrons. The minimum atomic E-state index is -1.71. The van der Waals surface area contributed by atoms with Crippen LogP contribution in [0.5, 0.6) is 0 Å². The summed E-state index contributed by atoms with van der Waals surface area (Å²) in [7, 11) is -4.71. The van der Waals surface area contributed by atoms with Crippen molar-refractivity contribution in [3.8, 4) is 0 Å². The third kappa shape index (κ3) is 6.01. The maximum absolute atomic E-state index is 6.35. The Labute approximate surface area is 169 Å². The van der Waals surface area contributed by atoms with Gasteiger partial charge in [-0.3, -0.25) is 0 Å². The topological polar surface area (TPSA) is 21.7 Å². The van der Waals surface area contributed by atoms with Gasteiger partial charge in [0, 0.05) is 18.9 Å². The maximum atomic E-state index is 6.35. The van der Waals surface area contributed by atoms with Crippen molar-refractivity contribution in [1.29, 1.82) is 0 Å². The molecule has 1 atom stereocenters. The molecule has 0 aliphatic rings. The molecule has 0 bridgehead atoms. The molecule has 158 valence electrons. The molecule has 0 saturated heterocycles. The average Bonchev–Trinajstić information content (AvgIpc) is 2.68. The van der Waals surface area contributed by atoms with E-state index in [-0.39, 0.29) is 0 Å². The SMILES string of the molecule is CCCC(N([Si](CC)(CC)CC)[Si](CC)(CC)CC)[SiH](OCC)OCC. The second-order valence-electron chi connectivity index (χ2n) is 7.58. The fourth-order valence-corrected chi connectivity index (χ4v) is 23.3. The van der Waals surface area contributed by atoms with E-state index in [9.17, 15) is 0 Å². The molecule has 0 spiro atoms. The normalized spacial score (nSPS) is 14.4. The molecule has 6 heteroatoms. The Balaban J connectivity index is 6.43. The van der Waals surface area contributed by atoms with Gasteiger partial charge in [0.1, 0.15) is 16.5 Å². The van der Waals surface area contributed by atoms with E-state index >= 15 is 0 Å². The second-order valence-corrected chi connectivity index (χ2v) is 20.3. The van der Waals surface area contributed by atoms with Gasteiger partial charge in [0.25, 0.3) is 0 Å². The van der Waals surface area contributed by atoms with Gasteiger partial charge in [0.15, 0.2) is 0 Å². The van der Waals surface area contributed by atoms with Gasteiger partial charge in [-0.1, -0.05) is 54.9 Å². The molecule has 0 aromatic carbocycles. The molecular weight excluding hydrogens is 370 g/mol. The van der Waals surface area contributed by atoms with Crippen molar-refractivity contribution in [2.24, 2.45) is 0 Å². The average molecular weight is 420 g/mol. The van der Waals surface area contributed by atoms with Crippen molar-refractivity contribution in [3.05, 3.63) is 0 Å². The van der Waals surface area contributed by atoms with Gasteiger partial charge in [0.05, 0.1) is 0 Å². The van der Waals surface area contributed by atoms with Crippen LogP contribution < -0.4 is 0 Å². The summed E-state index contributed by atoms with van der Waals surface area (Å²) in [4.78, 5) is 0. The summed E-state index contributed by atoms with van der Waals surface area (Å²) in [5.74, 6) is 0. The minimum absolute atomic E-state index is 0.568. The largest absolute Gasteiger partial charge is 0.396 e. The zero-order valence-corrected chi connectivity index (χ0v) is 22.6. The number of hydrogen-bond donors (Lipinski definition) is 0. The van der Waals surface area contributed by atoms with E-state index in [2.05, 4.69) is 66.5 Å². The molecule has 0 heterocycles. The molecule has 0 fully saturated rings. The zero-order valence-electron chi connectivity index (χ0n) is 19.5. The first-order valence-corrected chi connectivity index (χ1v) is 18.2. The van der Waals surface area contributed by atoms with Gasteiger partial charge in [0.2, 0.25) is 0 Å². The number of hydrogen-bond acceptors (Lipinski definition) is 3. The molecule has 0 amide bonds. The zero-order chi connectivity index (χ0) is 20.2. The van der Waals surface area contributed by atoms with Gasteiger partial charge >= 0.3 is 9.28 Å². The Kier molecular flexibility index (Phi) is 13.9. The lowest BCUT2D eigenvalue weighted by Crippen LogP contribution is -2.72. The van der Waals surface area contributed by atoms with Crippen molar-refractivity contribution < 1.29 is 8.85 Å². The molecule has 0 aliphatic heterocycles. The molecule has 0 aromatic heterocycles. The second kappa shape index (κ2) is 13.7. The lowest BCUT2D eigenvalue weighted by molar-refractivity contribution is 0.189. The summed E-state index contributed by atoms with van der Waals surface area (Å²) in [5, 5.41) is 0. The first-order valence-electron chi connectivity index (χ1n) is 11.5. The van der Waals surface area contributed by atoms with E-state index < -0.39 is 25.8 Å². The monoisotopic (exact) mass is 419 g/mol. The fraction of sp³-hybridized carbons (Fsp3) is 1.00. The van der Waals surface area contributed by atoms with Crippen LogP contribution in [0.4, 0.5) is 0 Å². The van der Waals surface area contributed by atoms with Gasteiger partial charge in [-0.05, 0) is 56.5 Å². The van der Waals surface area contributed by atoms with E-state index in [1.165, 1.54) is 49.1 Å². The highest BCUT2D eigenvalue weighted by Gasteiger charge is 2.51. The molecule has 1 unspecified atom stereocenters. The van der Waals surface area contributed by atoms with Crippen molar-refractivity contribution >= 4 is 25.8 Å². The van der Waals surface area contributed by atoms with Gasteiger partial charge < -0.3 is 13.1 Å². The summed E-state index contributed by atoms with van der Waals surface area (Å²) in [6.45, 7) is 23.0. The summed E-state index contributed by atoms with van der Waals surface area (Å²) < 4.78 is 15.9. The molecule has 26 heavy (non-hydrogen) atoms. The van der Waals surface area contributed by atoms with Crippen molar-refractivity contribution in [2.75, 3.05) is 13.2 Å². The molecular formula is C20H49NO2Si3. The summed E-state index contributed by atoms with van der Waals surface area (Å²) in [5.41, 5.74) is 0.568. The quantitative estimate of drug-likeness (QED) is 0.274. The number of nitrogens with zero attached hydrogens (tertiary/aromatic N) is 1. The van der Waals surface area contributed by atoms with E-state index in [1.807, 2.05) is 0 Å². The Morgan fingerprint density at radius 2 is 1.00 bits per heavy atom. The van der Waals surface area contributed by atoms with E-state index in [4.69, 9.17) is 8.85 Å². The van der Waals surface area contributed by atoms with Crippen LogP contribution in [0, 0.1) is 0 Å². The molecule has 0 rings (SSSR count). The standard InChI is InChI=1S/C20H49NO2Si3/c1-10-19-20(24(22-11-2)23-12-3)21(25(13-4,14-5)15-6)26(16-7,17-8)18-9/h20,24H,10-19H2,1-9H3. The molecule has 0 N–H and O–H groups in total. The predicted molar refractivity (Wildman–Crippen MR) is 125 cm³/mol. The minimum Gasteiger partial charge on any atom is -0.396 e. The van der Waals surface area contributed by atoms with Crippen LogP contribution in [0.2, 0.25) is 36.3 Å². The smallest absolute Gasteiger partial charge is 0.337 e. The van der Waals surface area contributed by atoms with E-state index in [0.29, 0.717) is 5.67 Å². The van der Waals surface area contributed by atoms with Gasteiger partial charge in [-0.25, -0.2) is 0 Å². The van der Waals surface area contributed by atoms with Crippen LogP contribution in [0.1, 0.15) is 75.2 Å². The first-order chi connectivity index (χ1) is 12.5. The molecule has 0 aliphatic carbocycles. The van der Waals surface area contributed by atoms with Crippen LogP contribution in [0.3, 0.4) is 0 Å². The van der Waals surface area contributed by atoms with Crippen LogP contribution >= 0.6 is 0 Å². The van der Waals surface area contributed by atoms with Crippen LogP contribution in [-0.4, -0.2) is 48.9 Å². The Morgan fingerprint density at radius 1 is 0.654 bits per heavy atom. The van der Waals surface area contributed by atoms with Crippen LogP contribution in [0.25, 0.3) is 0 Å². The van der Waals surface area contributed by atoms with Crippen molar-refractivity contribution in [2.45, 2.75) is 117 Å². The van der Waals surface area contributed by atoms with Crippen molar-refractivity contribution in [3.63, 3.8) is 0 Å². The summed E-state index contributed by atoms with van der Waals surface area (Å²) in [6.07, 6.45) is 2.48. The Bertz CT molecular complexity index is 307. The molecule has 0 saturated carbocycles. The Hall–Kier alpha value is 0.531. The molecule has 3 nitrogen and oxygen atoms in total. The maximum Gasteiger partial charge on any atom is 0.337 e. The lowest BCUT2D eigenvalue weighted by Gasteiger charge is -2.56. The van der Waals surface area contributed by atoms with Crippen LogP contribution in [0.15, 0.2) is 0 Å². The fourth-order valence-electron chi connectivity index (χ4n) is 5.01. The van der Waals surface area contributed by atoms with E-state index in [1.54, 1.807) is 0 Å². The number of rotatable bonds is 16. The molecule has 0 aromatic rings. The van der Waals surface area contributed by atoms with Crippen molar-refractivity contribution in [1.82, 2.24) is 4.23 Å². The highest BCUT2D eigenvalue weighted by molar-refractivity contribution is 6.93. The lowest BCUT2D eigenvalue weighted by atomic mass is 10.3. The third-order valence-corrected chi connectivity index (χ3v) is 23.5. The highest BCUT2D eigenvalue weighted by atomic mass is 28.4.